The Kier molecular flexibility index (Phi) is 6.39. The zero-order valence-corrected chi connectivity index (χ0v) is 15.4. The van der Waals surface area contributed by atoms with Crippen molar-refractivity contribution in [1.82, 2.24) is 20.3 Å². The number of amides is 1. The third-order valence-corrected chi connectivity index (χ3v) is 4.32. The number of nitrogens with two attached hydrogens (primary N) is 1. The van der Waals surface area contributed by atoms with Crippen LogP contribution in [0.4, 0.5) is 17.3 Å². The first kappa shape index (κ1) is 18.9. The van der Waals surface area contributed by atoms with Gasteiger partial charge in [0, 0.05) is 31.7 Å². The highest BCUT2D eigenvalue weighted by atomic mass is 16.5. The van der Waals surface area contributed by atoms with Crippen LogP contribution in [0.15, 0.2) is 30.6 Å². The summed E-state index contributed by atoms with van der Waals surface area (Å²) in [6, 6.07) is 7.28. The molecule has 2 aromatic rings. The lowest BCUT2D eigenvalue weighted by molar-refractivity contribution is 0.0398. The van der Waals surface area contributed by atoms with E-state index in [9.17, 15) is 4.79 Å². The molecule has 0 radical (unpaired) electrons. The zero-order valence-electron chi connectivity index (χ0n) is 15.4. The molecule has 0 unspecified atom stereocenters. The number of ether oxygens (including phenoxy) is 1. The SMILES string of the molecule is Cc1ccc(C(=O)NNc2ncnc(NCCN3CCOCC3)c2N)cc1. The van der Waals surface area contributed by atoms with Gasteiger partial charge in [-0.1, -0.05) is 17.7 Å². The second-order valence-electron chi connectivity index (χ2n) is 6.31. The van der Waals surface area contributed by atoms with E-state index in [4.69, 9.17) is 10.5 Å². The maximum absolute atomic E-state index is 12.2. The van der Waals surface area contributed by atoms with Crippen LogP contribution in [0.1, 0.15) is 15.9 Å². The van der Waals surface area contributed by atoms with Gasteiger partial charge in [-0.25, -0.2) is 9.97 Å². The second-order valence-corrected chi connectivity index (χ2v) is 6.31. The molecule has 2 heterocycles. The van der Waals surface area contributed by atoms with Gasteiger partial charge in [0.2, 0.25) is 0 Å². The van der Waals surface area contributed by atoms with Gasteiger partial charge in [0.1, 0.15) is 12.0 Å². The van der Waals surface area contributed by atoms with Crippen LogP contribution in [-0.2, 0) is 4.74 Å². The Hall–Kier alpha value is -2.91. The van der Waals surface area contributed by atoms with Crippen LogP contribution < -0.4 is 21.9 Å². The lowest BCUT2D eigenvalue weighted by Gasteiger charge is -2.26. The number of nitrogens with one attached hydrogen (secondary N) is 3. The first-order valence-electron chi connectivity index (χ1n) is 8.91. The Morgan fingerprint density at radius 1 is 1.19 bits per heavy atom. The van der Waals surface area contributed by atoms with Gasteiger partial charge in [-0.3, -0.25) is 20.5 Å². The van der Waals surface area contributed by atoms with Crippen molar-refractivity contribution < 1.29 is 9.53 Å². The largest absolute Gasteiger partial charge is 0.393 e. The van der Waals surface area contributed by atoms with Crippen LogP contribution in [0.5, 0.6) is 0 Å². The molecular weight excluding hydrogens is 346 g/mol. The number of carbonyl (C=O) groups is 1. The molecule has 0 bridgehead atoms. The summed E-state index contributed by atoms with van der Waals surface area (Å²) in [4.78, 5) is 22.8. The molecular formula is C18H25N7O2. The van der Waals surface area contributed by atoms with Gasteiger partial charge in [0.25, 0.3) is 5.91 Å². The van der Waals surface area contributed by atoms with Crippen LogP contribution in [0, 0.1) is 6.92 Å². The van der Waals surface area contributed by atoms with Gasteiger partial charge in [-0.2, -0.15) is 0 Å². The summed E-state index contributed by atoms with van der Waals surface area (Å²) in [7, 11) is 0. The normalized spacial score (nSPS) is 14.6. The molecule has 5 N–H and O–H groups in total. The van der Waals surface area contributed by atoms with E-state index in [-0.39, 0.29) is 5.91 Å². The summed E-state index contributed by atoms with van der Waals surface area (Å²) < 4.78 is 5.34. The lowest BCUT2D eigenvalue weighted by Crippen LogP contribution is -2.39. The smallest absolute Gasteiger partial charge is 0.269 e. The first-order chi connectivity index (χ1) is 13.1. The van der Waals surface area contributed by atoms with Crippen molar-refractivity contribution in [3.63, 3.8) is 0 Å². The van der Waals surface area contributed by atoms with Crippen molar-refractivity contribution >= 4 is 23.2 Å². The van der Waals surface area contributed by atoms with E-state index in [1.807, 2.05) is 19.1 Å². The number of nitrogens with zero attached hydrogens (tertiary/aromatic N) is 3. The molecule has 0 saturated carbocycles. The number of carbonyl (C=O) groups excluding carboxylic acids is 1. The Bertz CT molecular complexity index is 761. The van der Waals surface area contributed by atoms with Gasteiger partial charge >= 0.3 is 0 Å². The van der Waals surface area contributed by atoms with Crippen molar-refractivity contribution in [2.75, 3.05) is 55.9 Å². The summed E-state index contributed by atoms with van der Waals surface area (Å²) >= 11 is 0. The molecule has 1 amide bonds. The van der Waals surface area contributed by atoms with Gasteiger partial charge in [-0.15, -0.1) is 0 Å². The van der Waals surface area contributed by atoms with Crippen molar-refractivity contribution in [1.29, 1.82) is 0 Å². The molecule has 9 nitrogen and oxygen atoms in total. The monoisotopic (exact) mass is 371 g/mol. The minimum absolute atomic E-state index is 0.269. The molecule has 3 rings (SSSR count). The van der Waals surface area contributed by atoms with Gasteiger partial charge in [0.15, 0.2) is 11.6 Å². The quantitative estimate of drug-likeness (QED) is 0.530. The van der Waals surface area contributed by atoms with Crippen LogP contribution in [0.2, 0.25) is 0 Å². The highest BCUT2D eigenvalue weighted by Gasteiger charge is 2.12. The van der Waals surface area contributed by atoms with Crippen LogP contribution in [0.25, 0.3) is 0 Å². The molecule has 9 heteroatoms. The highest BCUT2D eigenvalue weighted by Crippen LogP contribution is 2.21. The number of aryl methyl sites for hydroxylation is 1. The summed E-state index contributed by atoms with van der Waals surface area (Å²) in [6.07, 6.45) is 1.40. The van der Waals surface area contributed by atoms with E-state index < -0.39 is 0 Å². The molecule has 1 saturated heterocycles. The topological polar surface area (TPSA) is 117 Å². The minimum atomic E-state index is -0.269. The highest BCUT2D eigenvalue weighted by molar-refractivity contribution is 5.95. The zero-order chi connectivity index (χ0) is 19.1. The molecule has 1 fully saturated rings. The number of rotatable bonds is 7. The molecule has 144 valence electrons. The van der Waals surface area contributed by atoms with E-state index in [1.54, 1.807) is 12.1 Å². The first-order valence-corrected chi connectivity index (χ1v) is 8.91. The van der Waals surface area contributed by atoms with Crippen LogP contribution >= 0.6 is 0 Å². The Morgan fingerprint density at radius 2 is 1.89 bits per heavy atom. The number of hydrogen-bond acceptors (Lipinski definition) is 8. The van der Waals surface area contributed by atoms with Gasteiger partial charge in [-0.05, 0) is 19.1 Å². The maximum Gasteiger partial charge on any atom is 0.269 e. The van der Waals surface area contributed by atoms with E-state index in [2.05, 4.69) is 31.0 Å². The molecule has 27 heavy (non-hydrogen) atoms. The van der Waals surface area contributed by atoms with Crippen molar-refractivity contribution in [3.05, 3.63) is 41.7 Å². The summed E-state index contributed by atoms with van der Waals surface area (Å²) in [5, 5.41) is 3.21. The molecule has 1 aliphatic heterocycles. The Balaban J connectivity index is 1.52. The van der Waals surface area contributed by atoms with Crippen LogP contribution in [-0.4, -0.2) is 60.2 Å². The van der Waals surface area contributed by atoms with E-state index >= 15 is 0 Å². The lowest BCUT2D eigenvalue weighted by atomic mass is 10.1. The fraction of sp³-hybridized carbons (Fsp3) is 0.389. The van der Waals surface area contributed by atoms with E-state index in [1.165, 1.54) is 6.33 Å². The Morgan fingerprint density at radius 3 is 2.63 bits per heavy atom. The fourth-order valence-electron chi connectivity index (χ4n) is 2.69. The number of morpholine rings is 1. The molecule has 1 aromatic carbocycles. The van der Waals surface area contributed by atoms with Crippen molar-refractivity contribution in [3.8, 4) is 0 Å². The fourth-order valence-corrected chi connectivity index (χ4v) is 2.69. The average molecular weight is 371 g/mol. The number of anilines is 3. The standard InChI is InChI=1S/C18H25N7O2/c1-13-2-4-14(5-3-13)18(26)24-23-17-15(19)16(21-12-22-17)20-6-7-25-8-10-27-11-9-25/h2-5,12H,6-11,19H2,1H3,(H,24,26)(H2,20,21,22,23). The molecule has 0 aliphatic carbocycles. The van der Waals surface area contributed by atoms with E-state index in [0.717, 1.165) is 38.4 Å². The maximum atomic E-state index is 12.2. The number of hydrazine groups is 1. The predicted octanol–water partition coefficient (Wildman–Crippen LogP) is 0.868. The van der Waals surface area contributed by atoms with Crippen LogP contribution in [0.3, 0.4) is 0 Å². The van der Waals surface area contributed by atoms with Gasteiger partial charge < -0.3 is 15.8 Å². The summed E-state index contributed by atoms with van der Waals surface area (Å²) in [6.45, 7) is 6.94. The second kappa shape index (κ2) is 9.15. The molecule has 1 aromatic heterocycles. The third-order valence-electron chi connectivity index (χ3n) is 4.32. The third kappa shape index (κ3) is 5.28. The van der Waals surface area contributed by atoms with Crippen molar-refractivity contribution in [2.45, 2.75) is 6.92 Å². The van der Waals surface area contributed by atoms with Gasteiger partial charge in [0.05, 0.1) is 13.2 Å². The molecule has 1 aliphatic rings. The molecule has 0 atom stereocenters. The Labute approximate surface area is 158 Å². The van der Waals surface area contributed by atoms with Crippen molar-refractivity contribution in [2.24, 2.45) is 0 Å². The predicted molar refractivity (Wildman–Crippen MR) is 104 cm³/mol. The van der Waals surface area contributed by atoms with E-state index in [0.29, 0.717) is 29.4 Å². The summed E-state index contributed by atoms with van der Waals surface area (Å²) in [5.74, 6) is 0.611. The number of hydrogen-bond donors (Lipinski definition) is 4. The minimum Gasteiger partial charge on any atom is -0.393 e. The number of nitrogen functional groups attached to an aromatic ring is 1. The molecule has 0 spiro atoms. The summed E-state index contributed by atoms with van der Waals surface area (Å²) in [5.41, 5.74) is 13.5. The number of aromatic nitrogens is 2. The average Bonchev–Trinajstić information content (AvgIpc) is 2.69. The number of benzene rings is 1.